The van der Waals surface area contributed by atoms with Crippen LogP contribution in [0.5, 0.6) is 5.75 Å². The normalized spacial score (nSPS) is 11.3. The number of nitrogens with one attached hydrogen (secondary N) is 1. The molecule has 120 valence electrons. The van der Waals surface area contributed by atoms with Gasteiger partial charge in [-0.05, 0) is 38.4 Å². The van der Waals surface area contributed by atoms with E-state index in [2.05, 4.69) is 10.3 Å². The number of pyridine rings is 1. The second-order valence-corrected chi connectivity index (χ2v) is 5.61. The molecule has 0 aliphatic heterocycles. The summed E-state index contributed by atoms with van der Waals surface area (Å²) in [5.41, 5.74) is 1.22. The summed E-state index contributed by atoms with van der Waals surface area (Å²) in [6.07, 6.45) is 0. The minimum Gasteiger partial charge on any atom is -0.497 e. The highest BCUT2D eigenvalue weighted by Crippen LogP contribution is 2.25. The number of hydrogen-bond acceptors (Lipinski definition) is 5. The van der Waals surface area contributed by atoms with E-state index in [1.165, 1.54) is 0 Å². The lowest BCUT2D eigenvalue weighted by Gasteiger charge is -2.09. The van der Waals surface area contributed by atoms with Crippen LogP contribution in [0.15, 0.2) is 34.7 Å². The predicted octanol–water partition coefficient (Wildman–Crippen LogP) is 2.28. The van der Waals surface area contributed by atoms with Crippen molar-refractivity contribution in [2.45, 2.75) is 0 Å². The first-order chi connectivity index (χ1) is 11.1. The van der Waals surface area contributed by atoms with Gasteiger partial charge in [-0.1, -0.05) is 0 Å². The number of amides is 1. The molecule has 0 fully saturated rings. The molecule has 2 heterocycles. The van der Waals surface area contributed by atoms with E-state index in [-0.39, 0.29) is 11.7 Å². The van der Waals surface area contributed by atoms with Crippen LogP contribution in [0.1, 0.15) is 10.6 Å². The van der Waals surface area contributed by atoms with Gasteiger partial charge in [0.15, 0.2) is 5.76 Å². The number of benzene rings is 1. The Hall–Kier alpha value is -2.60. The minimum absolute atomic E-state index is 0.230. The van der Waals surface area contributed by atoms with Gasteiger partial charge in [0.05, 0.1) is 12.6 Å². The Morgan fingerprint density at radius 3 is 2.83 bits per heavy atom. The van der Waals surface area contributed by atoms with Crippen molar-refractivity contribution in [2.24, 2.45) is 0 Å². The van der Waals surface area contributed by atoms with Crippen molar-refractivity contribution in [1.82, 2.24) is 15.2 Å². The van der Waals surface area contributed by atoms with Gasteiger partial charge in [-0.3, -0.25) is 4.79 Å². The van der Waals surface area contributed by atoms with Crippen LogP contribution < -0.4 is 10.1 Å². The van der Waals surface area contributed by atoms with E-state index >= 15 is 0 Å². The van der Waals surface area contributed by atoms with Crippen LogP contribution in [0.3, 0.4) is 0 Å². The van der Waals surface area contributed by atoms with E-state index in [0.29, 0.717) is 12.3 Å². The van der Waals surface area contributed by atoms with Gasteiger partial charge in [0, 0.05) is 29.9 Å². The molecule has 2 aromatic heterocycles. The summed E-state index contributed by atoms with van der Waals surface area (Å²) < 4.78 is 10.8. The highest BCUT2D eigenvalue weighted by molar-refractivity contribution is 5.98. The van der Waals surface area contributed by atoms with E-state index in [1.54, 1.807) is 13.2 Å². The first-order valence-corrected chi connectivity index (χ1v) is 7.38. The third-order valence-corrected chi connectivity index (χ3v) is 3.58. The standard InChI is InChI=1S/C17H19N3O3/c1-20(2)7-6-18-16(21)15-9-12-8-11-4-5-13(22-3)10-14(11)19-17(12)23-15/h4-5,8-10H,6-7H2,1-3H3,(H,18,21). The highest BCUT2D eigenvalue weighted by Gasteiger charge is 2.13. The molecule has 0 unspecified atom stereocenters. The van der Waals surface area contributed by atoms with Crippen LogP contribution in [0.2, 0.25) is 0 Å². The van der Waals surface area contributed by atoms with Gasteiger partial charge in [0.1, 0.15) is 5.75 Å². The van der Waals surface area contributed by atoms with Crippen LogP contribution in [0.25, 0.3) is 22.0 Å². The zero-order valence-corrected chi connectivity index (χ0v) is 13.4. The number of carbonyl (C=O) groups is 1. The van der Waals surface area contributed by atoms with Crippen molar-refractivity contribution in [3.63, 3.8) is 0 Å². The third kappa shape index (κ3) is 3.27. The lowest BCUT2D eigenvalue weighted by Crippen LogP contribution is -2.31. The molecular weight excluding hydrogens is 294 g/mol. The lowest BCUT2D eigenvalue weighted by molar-refractivity contribution is 0.0925. The Morgan fingerprint density at radius 2 is 2.09 bits per heavy atom. The molecule has 0 saturated carbocycles. The Kier molecular flexibility index (Phi) is 4.16. The molecule has 6 nitrogen and oxygen atoms in total. The molecule has 0 atom stereocenters. The van der Waals surface area contributed by atoms with Crippen molar-refractivity contribution >= 4 is 27.9 Å². The molecular formula is C17H19N3O3. The van der Waals surface area contributed by atoms with Gasteiger partial charge < -0.3 is 19.4 Å². The molecule has 0 saturated heterocycles. The number of nitrogens with zero attached hydrogens (tertiary/aromatic N) is 2. The smallest absolute Gasteiger partial charge is 0.287 e. The molecule has 0 radical (unpaired) electrons. The monoisotopic (exact) mass is 313 g/mol. The molecule has 1 amide bonds. The first-order valence-electron chi connectivity index (χ1n) is 7.38. The van der Waals surface area contributed by atoms with Crippen molar-refractivity contribution in [3.05, 3.63) is 36.1 Å². The second-order valence-electron chi connectivity index (χ2n) is 5.61. The molecule has 6 heteroatoms. The Bertz CT molecular complexity index is 855. The molecule has 23 heavy (non-hydrogen) atoms. The average Bonchev–Trinajstić information content (AvgIpc) is 2.94. The maximum atomic E-state index is 12.1. The number of ether oxygens (including phenoxy) is 1. The fourth-order valence-corrected chi connectivity index (χ4v) is 2.32. The SMILES string of the molecule is COc1ccc2cc3cc(C(=O)NCCN(C)C)oc3nc2c1. The summed E-state index contributed by atoms with van der Waals surface area (Å²) in [5.74, 6) is 0.776. The molecule has 0 aliphatic rings. The number of furan rings is 1. The van der Waals surface area contributed by atoms with Gasteiger partial charge in [-0.2, -0.15) is 0 Å². The van der Waals surface area contributed by atoms with Crippen molar-refractivity contribution < 1.29 is 13.9 Å². The van der Waals surface area contributed by atoms with Gasteiger partial charge in [-0.25, -0.2) is 4.98 Å². The van der Waals surface area contributed by atoms with Crippen molar-refractivity contribution in [1.29, 1.82) is 0 Å². The van der Waals surface area contributed by atoms with Crippen molar-refractivity contribution in [2.75, 3.05) is 34.3 Å². The fraction of sp³-hybridized carbons (Fsp3) is 0.294. The molecule has 3 aromatic rings. The fourth-order valence-electron chi connectivity index (χ4n) is 2.32. The number of methoxy groups -OCH3 is 1. The number of carbonyl (C=O) groups excluding carboxylic acids is 1. The predicted molar refractivity (Wildman–Crippen MR) is 89.0 cm³/mol. The number of aromatic nitrogens is 1. The van der Waals surface area contributed by atoms with E-state index < -0.39 is 0 Å². The quantitative estimate of drug-likeness (QED) is 0.783. The van der Waals surface area contributed by atoms with E-state index in [4.69, 9.17) is 9.15 Å². The Morgan fingerprint density at radius 1 is 1.26 bits per heavy atom. The Labute approximate surface area is 134 Å². The summed E-state index contributed by atoms with van der Waals surface area (Å²) >= 11 is 0. The van der Waals surface area contributed by atoms with E-state index in [1.807, 2.05) is 43.3 Å². The average molecular weight is 313 g/mol. The topological polar surface area (TPSA) is 67.6 Å². The zero-order chi connectivity index (χ0) is 16.4. The molecule has 0 aliphatic carbocycles. The molecule has 1 N–H and O–H groups in total. The maximum absolute atomic E-state index is 12.1. The Balaban J connectivity index is 1.88. The van der Waals surface area contributed by atoms with Crippen molar-refractivity contribution in [3.8, 4) is 5.75 Å². The van der Waals surface area contributed by atoms with Crippen LogP contribution in [-0.2, 0) is 0 Å². The summed E-state index contributed by atoms with van der Waals surface area (Å²) in [5, 5.41) is 4.61. The third-order valence-electron chi connectivity index (χ3n) is 3.58. The van der Waals surface area contributed by atoms with Crippen LogP contribution in [0, 0.1) is 0 Å². The van der Waals surface area contributed by atoms with Gasteiger partial charge in [-0.15, -0.1) is 0 Å². The number of likely N-dealkylation sites (N-methyl/N-ethyl adjacent to an activating group) is 1. The van der Waals surface area contributed by atoms with E-state index in [0.717, 1.165) is 28.6 Å². The highest BCUT2D eigenvalue weighted by atomic mass is 16.5. The summed E-state index contributed by atoms with van der Waals surface area (Å²) in [4.78, 5) is 18.6. The lowest BCUT2D eigenvalue weighted by atomic mass is 10.2. The molecule has 0 bridgehead atoms. The molecule has 1 aromatic carbocycles. The summed E-state index contributed by atoms with van der Waals surface area (Å²) in [6, 6.07) is 9.33. The van der Waals surface area contributed by atoms with Crippen LogP contribution in [-0.4, -0.2) is 50.1 Å². The zero-order valence-electron chi connectivity index (χ0n) is 13.4. The first kappa shape index (κ1) is 15.3. The second kappa shape index (κ2) is 6.26. The molecule has 0 spiro atoms. The van der Waals surface area contributed by atoms with Crippen LogP contribution in [0.4, 0.5) is 0 Å². The number of rotatable bonds is 5. The van der Waals surface area contributed by atoms with E-state index in [9.17, 15) is 4.79 Å². The summed E-state index contributed by atoms with van der Waals surface area (Å²) in [6.45, 7) is 1.34. The minimum atomic E-state index is -0.230. The van der Waals surface area contributed by atoms with Gasteiger partial charge in [0.2, 0.25) is 5.71 Å². The number of hydrogen-bond donors (Lipinski definition) is 1. The molecule has 3 rings (SSSR count). The summed E-state index contributed by atoms with van der Waals surface area (Å²) in [7, 11) is 5.52. The largest absolute Gasteiger partial charge is 0.497 e. The van der Waals surface area contributed by atoms with Crippen LogP contribution >= 0.6 is 0 Å². The number of fused-ring (bicyclic) bond motifs is 2. The van der Waals surface area contributed by atoms with Gasteiger partial charge >= 0.3 is 0 Å². The maximum Gasteiger partial charge on any atom is 0.287 e. The van der Waals surface area contributed by atoms with Gasteiger partial charge in [0.25, 0.3) is 5.91 Å².